The predicted molar refractivity (Wildman–Crippen MR) is 63.5 cm³/mol. The van der Waals surface area contributed by atoms with Crippen molar-refractivity contribution in [3.63, 3.8) is 0 Å². The van der Waals surface area contributed by atoms with E-state index in [0.29, 0.717) is 12.8 Å². The zero-order valence-electron chi connectivity index (χ0n) is 11.0. The monoisotopic (exact) mass is 259 g/mol. The minimum atomic E-state index is -2.54. The summed E-state index contributed by atoms with van der Waals surface area (Å²) in [5, 5.41) is 0. The molecule has 0 spiro atoms. The van der Waals surface area contributed by atoms with Crippen molar-refractivity contribution >= 4 is 6.09 Å². The Hall–Kier alpha value is -1.13. The van der Waals surface area contributed by atoms with Crippen LogP contribution in [0, 0.1) is 5.41 Å². The van der Waals surface area contributed by atoms with E-state index in [9.17, 15) is 13.6 Å². The minimum Gasteiger partial charge on any atom is -0.444 e. The number of amides is 1. The quantitative estimate of drug-likeness (QED) is 0.713. The number of ether oxygens (including phenoxy) is 1. The van der Waals surface area contributed by atoms with E-state index in [-0.39, 0.29) is 12.0 Å². The summed E-state index contributed by atoms with van der Waals surface area (Å²) in [6.07, 6.45) is -0.914. The third-order valence-electron chi connectivity index (χ3n) is 3.78. The van der Waals surface area contributed by atoms with E-state index in [1.54, 1.807) is 26.8 Å². The summed E-state index contributed by atoms with van der Waals surface area (Å²) in [4.78, 5) is 13.2. The van der Waals surface area contributed by atoms with E-state index >= 15 is 0 Å². The molecule has 0 unspecified atom stereocenters. The molecule has 3 nitrogen and oxygen atoms in total. The molecule has 2 aliphatic heterocycles. The second-order valence-corrected chi connectivity index (χ2v) is 6.39. The SMILES string of the molecule is C=CC12CN(C(=O)OC(C)(C)C)C(C(F)F)(C1)C2. The number of carbonyl (C=O) groups excluding carboxylic acids is 1. The predicted octanol–water partition coefficient (Wildman–Crippen LogP) is 3.21. The number of nitrogens with zero attached hydrogens (tertiary/aromatic N) is 1. The van der Waals surface area contributed by atoms with Crippen LogP contribution in [0.4, 0.5) is 13.6 Å². The molecule has 1 aliphatic carbocycles. The molecule has 0 aromatic rings. The Labute approximate surface area is 106 Å². The van der Waals surface area contributed by atoms with Crippen molar-refractivity contribution < 1.29 is 18.3 Å². The summed E-state index contributed by atoms with van der Waals surface area (Å²) < 4.78 is 31.7. The number of halogens is 2. The number of fused-ring (bicyclic) bond motifs is 1. The highest BCUT2D eigenvalue weighted by Gasteiger charge is 2.70. The van der Waals surface area contributed by atoms with Crippen LogP contribution in [0.15, 0.2) is 12.7 Å². The lowest BCUT2D eigenvalue weighted by Crippen LogP contribution is -2.56. The van der Waals surface area contributed by atoms with E-state index < -0.39 is 23.7 Å². The fourth-order valence-electron chi connectivity index (χ4n) is 2.99. The van der Waals surface area contributed by atoms with Gasteiger partial charge in [0.2, 0.25) is 0 Å². The number of rotatable bonds is 2. The first-order valence-electron chi connectivity index (χ1n) is 6.07. The van der Waals surface area contributed by atoms with Gasteiger partial charge >= 0.3 is 6.09 Å². The first-order valence-corrected chi connectivity index (χ1v) is 6.07. The lowest BCUT2D eigenvalue weighted by molar-refractivity contribution is -0.0710. The molecule has 18 heavy (non-hydrogen) atoms. The van der Waals surface area contributed by atoms with Gasteiger partial charge in [-0.05, 0) is 33.6 Å². The van der Waals surface area contributed by atoms with Crippen molar-refractivity contribution in [2.24, 2.45) is 5.41 Å². The Bertz CT molecular complexity index is 381. The third-order valence-corrected chi connectivity index (χ3v) is 3.78. The maximum absolute atomic E-state index is 13.2. The van der Waals surface area contributed by atoms with Gasteiger partial charge in [0.25, 0.3) is 6.43 Å². The summed E-state index contributed by atoms with van der Waals surface area (Å²) >= 11 is 0. The van der Waals surface area contributed by atoms with Crippen LogP contribution in [-0.2, 0) is 4.74 Å². The number of carbonyl (C=O) groups is 1. The summed E-state index contributed by atoms with van der Waals surface area (Å²) in [5.41, 5.74) is -2.35. The zero-order chi connectivity index (χ0) is 13.8. The lowest BCUT2D eigenvalue weighted by atomic mass is 9.62. The van der Waals surface area contributed by atoms with E-state index in [1.165, 1.54) is 4.90 Å². The van der Waals surface area contributed by atoms with Gasteiger partial charge in [-0.1, -0.05) is 6.08 Å². The average molecular weight is 259 g/mol. The first kappa shape index (κ1) is 13.3. The van der Waals surface area contributed by atoms with Gasteiger partial charge in [-0.2, -0.15) is 0 Å². The van der Waals surface area contributed by atoms with Gasteiger partial charge < -0.3 is 4.74 Å². The van der Waals surface area contributed by atoms with Gasteiger partial charge in [-0.25, -0.2) is 13.6 Å². The molecule has 2 saturated heterocycles. The van der Waals surface area contributed by atoms with Crippen molar-refractivity contribution in [1.82, 2.24) is 4.90 Å². The normalized spacial score (nSPS) is 34.4. The number of hydrogen-bond acceptors (Lipinski definition) is 2. The largest absolute Gasteiger partial charge is 0.444 e. The highest BCUT2D eigenvalue weighted by atomic mass is 19.3. The van der Waals surface area contributed by atoms with Gasteiger partial charge in [-0.3, -0.25) is 4.90 Å². The second-order valence-electron chi connectivity index (χ2n) is 6.39. The third kappa shape index (κ3) is 1.80. The Balaban J connectivity index is 2.18. The lowest BCUT2D eigenvalue weighted by Gasteiger charge is -2.45. The molecule has 1 amide bonds. The first-order chi connectivity index (χ1) is 8.14. The van der Waals surface area contributed by atoms with Gasteiger partial charge in [0.05, 0.1) is 0 Å². The topological polar surface area (TPSA) is 29.5 Å². The molecule has 0 atom stereocenters. The maximum atomic E-state index is 13.2. The molecule has 2 bridgehead atoms. The van der Waals surface area contributed by atoms with Gasteiger partial charge in [-0.15, -0.1) is 6.58 Å². The molecule has 3 aliphatic rings. The minimum absolute atomic E-state index is 0.287. The smallest absolute Gasteiger partial charge is 0.410 e. The highest BCUT2D eigenvalue weighted by molar-refractivity contribution is 5.71. The molecule has 0 radical (unpaired) electrons. The summed E-state index contributed by atoms with van der Waals surface area (Å²) in [7, 11) is 0. The molecule has 0 aromatic carbocycles. The molecule has 3 fully saturated rings. The second kappa shape index (κ2) is 3.68. The highest BCUT2D eigenvalue weighted by Crippen LogP contribution is 2.62. The molecule has 102 valence electrons. The van der Waals surface area contributed by atoms with Crippen molar-refractivity contribution in [3.8, 4) is 0 Å². The number of hydrogen-bond donors (Lipinski definition) is 0. The molecular weight excluding hydrogens is 240 g/mol. The van der Waals surface area contributed by atoms with Gasteiger partial charge in [0.1, 0.15) is 11.1 Å². The fraction of sp³-hybridized carbons (Fsp3) is 0.769. The molecule has 0 aromatic heterocycles. The molecule has 0 N–H and O–H groups in total. The van der Waals surface area contributed by atoms with Crippen LogP contribution in [0.1, 0.15) is 33.6 Å². The van der Waals surface area contributed by atoms with Crippen LogP contribution >= 0.6 is 0 Å². The van der Waals surface area contributed by atoms with Crippen LogP contribution in [-0.4, -0.2) is 35.1 Å². The van der Waals surface area contributed by atoms with E-state index in [0.717, 1.165) is 0 Å². The van der Waals surface area contributed by atoms with Crippen molar-refractivity contribution in [2.45, 2.75) is 51.2 Å². The standard InChI is InChI=1S/C13H19F2NO2/c1-5-12-6-13(7-12,9(14)15)16(8-12)10(17)18-11(2,3)4/h5,9H,1,6-8H2,2-4H3. The van der Waals surface area contributed by atoms with Crippen LogP contribution in [0.5, 0.6) is 0 Å². The summed E-state index contributed by atoms with van der Waals surface area (Å²) in [5.74, 6) is 0. The van der Waals surface area contributed by atoms with Crippen LogP contribution in [0.2, 0.25) is 0 Å². The molecule has 2 heterocycles. The summed E-state index contributed by atoms with van der Waals surface area (Å²) in [6.45, 7) is 9.15. The molecular formula is C13H19F2NO2. The Morgan fingerprint density at radius 3 is 2.39 bits per heavy atom. The molecule has 1 saturated carbocycles. The van der Waals surface area contributed by atoms with Crippen LogP contribution in [0.25, 0.3) is 0 Å². The van der Waals surface area contributed by atoms with Crippen LogP contribution in [0.3, 0.4) is 0 Å². The van der Waals surface area contributed by atoms with E-state index in [4.69, 9.17) is 4.74 Å². The van der Waals surface area contributed by atoms with Gasteiger partial charge in [0, 0.05) is 12.0 Å². The zero-order valence-corrected chi connectivity index (χ0v) is 11.0. The van der Waals surface area contributed by atoms with Crippen molar-refractivity contribution in [2.75, 3.05) is 6.54 Å². The van der Waals surface area contributed by atoms with Crippen molar-refractivity contribution in [3.05, 3.63) is 12.7 Å². The average Bonchev–Trinajstić information content (AvgIpc) is 2.64. The Kier molecular flexibility index (Phi) is 2.72. The van der Waals surface area contributed by atoms with Crippen molar-refractivity contribution in [1.29, 1.82) is 0 Å². The van der Waals surface area contributed by atoms with Gasteiger partial charge in [0.15, 0.2) is 0 Å². The summed E-state index contributed by atoms with van der Waals surface area (Å²) in [6, 6.07) is 0. The Morgan fingerprint density at radius 2 is 2.00 bits per heavy atom. The Morgan fingerprint density at radius 1 is 1.44 bits per heavy atom. The number of alkyl halides is 2. The molecule has 3 rings (SSSR count). The maximum Gasteiger partial charge on any atom is 0.410 e. The van der Waals surface area contributed by atoms with Crippen LogP contribution < -0.4 is 0 Å². The van der Waals surface area contributed by atoms with E-state index in [1.807, 2.05) is 0 Å². The molecule has 5 heteroatoms. The van der Waals surface area contributed by atoms with E-state index in [2.05, 4.69) is 6.58 Å². The fourth-order valence-corrected chi connectivity index (χ4v) is 2.99.